The zero-order valence-corrected chi connectivity index (χ0v) is 15.5. The van der Waals surface area contributed by atoms with E-state index in [0.717, 1.165) is 4.90 Å². The van der Waals surface area contributed by atoms with Crippen molar-refractivity contribution in [1.29, 1.82) is 0 Å². The second-order valence-electron chi connectivity index (χ2n) is 6.90. The molecule has 146 valence electrons. The van der Waals surface area contributed by atoms with Gasteiger partial charge < -0.3 is 10.4 Å². The van der Waals surface area contributed by atoms with Crippen LogP contribution in [-0.2, 0) is 10.3 Å². The Hall–Kier alpha value is -3.51. The molecule has 5 nitrogen and oxygen atoms in total. The molecule has 3 aromatic carbocycles. The number of carbonyl (C=O) groups excluding carboxylic acids is 2. The van der Waals surface area contributed by atoms with Gasteiger partial charge in [-0.05, 0) is 28.8 Å². The lowest BCUT2D eigenvalue weighted by Gasteiger charge is -2.28. The topological polar surface area (TPSA) is 69.6 Å². The van der Waals surface area contributed by atoms with Gasteiger partial charge in [0.2, 0.25) is 0 Å². The zero-order chi connectivity index (χ0) is 20.4. The van der Waals surface area contributed by atoms with Crippen molar-refractivity contribution in [3.63, 3.8) is 0 Å². The highest BCUT2D eigenvalue weighted by Crippen LogP contribution is 2.36. The lowest BCUT2D eigenvalue weighted by molar-refractivity contribution is -0.131. The number of halogens is 1. The number of aliphatic hydroxyl groups excluding tert-OH is 1. The fourth-order valence-corrected chi connectivity index (χ4v) is 3.64. The quantitative estimate of drug-likeness (QED) is 0.657. The molecule has 0 spiro atoms. The van der Waals surface area contributed by atoms with Gasteiger partial charge in [0.15, 0.2) is 5.54 Å². The van der Waals surface area contributed by atoms with Crippen molar-refractivity contribution in [2.45, 2.75) is 11.6 Å². The van der Waals surface area contributed by atoms with Gasteiger partial charge >= 0.3 is 6.03 Å². The summed E-state index contributed by atoms with van der Waals surface area (Å²) in [5.74, 6) is -0.899. The maximum atomic E-state index is 13.5. The van der Waals surface area contributed by atoms with Crippen LogP contribution in [0.4, 0.5) is 9.18 Å². The molecule has 29 heavy (non-hydrogen) atoms. The number of β-amino-alcohol motifs (C(OH)–C–C–N with tert-alkyl or cyclic N) is 1. The molecule has 1 saturated heterocycles. The first-order chi connectivity index (χ1) is 14.0. The Bertz CT molecular complexity index is 984. The number of hydrogen-bond donors (Lipinski definition) is 2. The number of benzene rings is 3. The van der Waals surface area contributed by atoms with E-state index in [1.807, 2.05) is 12.1 Å². The van der Waals surface area contributed by atoms with E-state index in [9.17, 15) is 19.1 Å². The molecule has 1 atom stereocenters. The van der Waals surface area contributed by atoms with Crippen LogP contribution in [0.25, 0.3) is 0 Å². The Morgan fingerprint density at radius 1 is 0.862 bits per heavy atom. The minimum Gasteiger partial charge on any atom is -0.387 e. The van der Waals surface area contributed by atoms with E-state index in [1.165, 1.54) is 24.3 Å². The standard InChI is InChI=1S/C23H19FN2O3/c24-19-13-11-16(12-14-19)20(27)15-26-21(28)23(25-22(26)29,17-7-3-1-4-8-17)18-9-5-2-6-10-18/h1-14,20,27H,15H2,(H,25,29). The molecule has 6 heteroatoms. The van der Waals surface area contributed by atoms with Gasteiger partial charge in [0.05, 0.1) is 12.6 Å². The SMILES string of the molecule is O=C1NC(c2ccccc2)(c2ccccc2)C(=O)N1CC(O)c1ccc(F)cc1. The zero-order valence-electron chi connectivity index (χ0n) is 15.5. The van der Waals surface area contributed by atoms with E-state index in [4.69, 9.17) is 0 Å². The van der Waals surface area contributed by atoms with Crippen LogP contribution >= 0.6 is 0 Å². The first-order valence-corrected chi connectivity index (χ1v) is 9.21. The Morgan fingerprint density at radius 3 is 1.90 bits per heavy atom. The Kier molecular flexibility index (Phi) is 4.86. The van der Waals surface area contributed by atoms with E-state index >= 15 is 0 Å². The fourth-order valence-electron chi connectivity index (χ4n) is 3.64. The van der Waals surface area contributed by atoms with Crippen LogP contribution in [0.5, 0.6) is 0 Å². The lowest BCUT2D eigenvalue weighted by atomic mass is 9.82. The van der Waals surface area contributed by atoms with Crippen molar-refractivity contribution in [3.05, 3.63) is 107 Å². The van der Waals surface area contributed by atoms with Crippen molar-refractivity contribution >= 4 is 11.9 Å². The Balaban J connectivity index is 1.71. The predicted molar refractivity (Wildman–Crippen MR) is 105 cm³/mol. The van der Waals surface area contributed by atoms with Gasteiger partial charge in [-0.15, -0.1) is 0 Å². The number of nitrogens with zero attached hydrogens (tertiary/aromatic N) is 1. The van der Waals surface area contributed by atoms with E-state index in [1.54, 1.807) is 48.5 Å². The number of rotatable bonds is 5. The molecule has 0 saturated carbocycles. The number of urea groups is 1. The molecular weight excluding hydrogens is 371 g/mol. The summed E-state index contributed by atoms with van der Waals surface area (Å²) in [5, 5.41) is 13.4. The number of imide groups is 1. The molecule has 1 aliphatic rings. The highest BCUT2D eigenvalue weighted by atomic mass is 19.1. The first-order valence-electron chi connectivity index (χ1n) is 9.21. The van der Waals surface area contributed by atoms with Crippen LogP contribution in [0, 0.1) is 5.82 Å². The van der Waals surface area contributed by atoms with Crippen molar-refractivity contribution < 1.29 is 19.1 Å². The summed E-state index contributed by atoms with van der Waals surface area (Å²) in [6, 6.07) is 22.7. The molecule has 0 bridgehead atoms. The van der Waals surface area contributed by atoms with Gasteiger partial charge in [0.25, 0.3) is 5.91 Å². The first kappa shape index (κ1) is 18.8. The van der Waals surface area contributed by atoms with Gasteiger partial charge in [-0.1, -0.05) is 72.8 Å². The molecule has 1 unspecified atom stereocenters. The molecule has 3 amide bonds. The van der Waals surface area contributed by atoms with E-state index < -0.39 is 29.4 Å². The maximum absolute atomic E-state index is 13.5. The summed E-state index contributed by atoms with van der Waals surface area (Å²) < 4.78 is 13.1. The second-order valence-corrected chi connectivity index (χ2v) is 6.90. The maximum Gasteiger partial charge on any atom is 0.325 e. The van der Waals surface area contributed by atoms with E-state index in [-0.39, 0.29) is 6.54 Å². The molecule has 2 N–H and O–H groups in total. The van der Waals surface area contributed by atoms with Crippen LogP contribution in [-0.4, -0.2) is 28.5 Å². The summed E-state index contributed by atoms with van der Waals surface area (Å²) in [7, 11) is 0. The molecule has 0 radical (unpaired) electrons. The average molecular weight is 390 g/mol. The summed E-state index contributed by atoms with van der Waals surface area (Å²) in [5.41, 5.74) is 0.304. The molecule has 3 aromatic rings. The van der Waals surface area contributed by atoms with Gasteiger partial charge in [0, 0.05) is 0 Å². The van der Waals surface area contributed by atoms with Crippen molar-refractivity contribution in [2.75, 3.05) is 6.54 Å². The minimum atomic E-state index is -1.37. The van der Waals surface area contributed by atoms with Crippen LogP contribution < -0.4 is 5.32 Å². The van der Waals surface area contributed by atoms with Crippen LogP contribution in [0.15, 0.2) is 84.9 Å². The Morgan fingerprint density at radius 2 is 1.38 bits per heavy atom. The molecule has 1 aliphatic heterocycles. The monoisotopic (exact) mass is 390 g/mol. The van der Waals surface area contributed by atoms with Gasteiger partial charge in [-0.25, -0.2) is 9.18 Å². The lowest BCUT2D eigenvalue weighted by Crippen LogP contribution is -2.45. The van der Waals surface area contributed by atoms with Crippen molar-refractivity contribution in [2.24, 2.45) is 0 Å². The van der Waals surface area contributed by atoms with Gasteiger partial charge in [-0.3, -0.25) is 9.69 Å². The van der Waals surface area contributed by atoms with Crippen molar-refractivity contribution in [3.8, 4) is 0 Å². The number of amides is 3. The van der Waals surface area contributed by atoms with Crippen LogP contribution in [0.2, 0.25) is 0 Å². The van der Waals surface area contributed by atoms with Crippen molar-refractivity contribution in [1.82, 2.24) is 10.2 Å². The summed E-state index contributed by atoms with van der Waals surface area (Å²) in [6.45, 7) is -0.238. The molecule has 0 aromatic heterocycles. The normalized spacial score (nSPS) is 16.6. The minimum absolute atomic E-state index is 0.238. The van der Waals surface area contributed by atoms with E-state index in [0.29, 0.717) is 16.7 Å². The third kappa shape index (κ3) is 3.28. The van der Waals surface area contributed by atoms with E-state index in [2.05, 4.69) is 5.32 Å². The molecule has 0 aliphatic carbocycles. The molecule has 1 heterocycles. The smallest absolute Gasteiger partial charge is 0.325 e. The number of nitrogens with one attached hydrogen (secondary N) is 1. The summed E-state index contributed by atoms with van der Waals surface area (Å²) >= 11 is 0. The number of carbonyl (C=O) groups is 2. The largest absolute Gasteiger partial charge is 0.387 e. The third-order valence-corrected chi connectivity index (χ3v) is 5.13. The third-order valence-electron chi connectivity index (χ3n) is 5.13. The van der Waals surface area contributed by atoms with Crippen LogP contribution in [0.1, 0.15) is 22.8 Å². The van der Waals surface area contributed by atoms with Gasteiger partial charge in [0.1, 0.15) is 5.82 Å². The fraction of sp³-hybridized carbons (Fsp3) is 0.130. The molecule has 1 fully saturated rings. The second kappa shape index (κ2) is 7.48. The summed E-state index contributed by atoms with van der Waals surface area (Å²) in [6.07, 6.45) is -1.13. The highest BCUT2D eigenvalue weighted by Gasteiger charge is 2.53. The predicted octanol–water partition coefficient (Wildman–Crippen LogP) is 3.35. The van der Waals surface area contributed by atoms with Crippen LogP contribution in [0.3, 0.4) is 0 Å². The average Bonchev–Trinajstić information content (AvgIpc) is 3.01. The van der Waals surface area contributed by atoms with Gasteiger partial charge in [-0.2, -0.15) is 0 Å². The molecular formula is C23H19FN2O3. The number of aliphatic hydroxyl groups is 1. The molecule has 4 rings (SSSR count). The highest BCUT2D eigenvalue weighted by molar-refractivity contribution is 6.09. The summed E-state index contributed by atoms with van der Waals surface area (Å²) in [4.78, 5) is 27.3. The number of hydrogen-bond acceptors (Lipinski definition) is 3. The Labute approximate surface area is 167 Å².